The lowest BCUT2D eigenvalue weighted by Gasteiger charge is -2.00. The molecule has 0 heterocycles. The molecule has 0 saturated carbocycles. The molecule has 0 bridgehead atoms. The van der Waals surface area contributed by atoms with Crippen LogP contribution in [0.25, 0.3) is 0 Å². The molecule has 0 aromatic rings. The largest absolute Gasteiger partial charge is 0.353 e. The lowest BCUT2D eigenvalue weighted by Crippen LogP contribution is -2.21. The van der Waals surface area contributed by atoms with E-state index in [1.54, 1.807) is 6.08 Å². The van der Waals surface area contributed by atoms with Gasteiger partial charge in [-0.3, -0.25) is 4.79 Å². The highest BCUT2D eigenvalue weighted by atomic mass is 16.1. The maximum atomic E-state index is 10.9. The lowest BCUT2D eigenvalue weighted by molar-refractivity contribution is -0.116. The highest BCUT2D eigenvalue weighted by molar-refractivity contribution is 5.87. The second kappa shape index (κ2) is 8.97. The van der Waals surface area contributed by atoms with Gasteiger partial charge in [0.05, 0.1) is 0 Å². The second-order valence-electron chi connectivity index (χ2n) is 2.81. The first-order chi connectivity index (χ1) is 6.31. The van der Waals surface area contributed by atoms with E-state index < -0.39 is 0 Å². The van der Waals surface area contributed by atoms with E-state index in [4.69, 9.17) is 0 Å². The summed E-state index contributed by atoms with van der Waals surface area (Å²) in [6.07, 6.45) is 7.63. The standard InChI is InChI=1S/C10H17NO2/c1-2-7-10(13)11-8-5-3-4-6-9-12/h2,7,9H,3-6,8H2,1H3,(H,11,13)/b7-2+. The van der Waals surface area contributed by atoms with Crippen LogP contribution in [0.3, 0.4) is 0 Å². The summed E-state index contributed by atoms with van der Waals surface area (Å²) >= 11 is 0. The fourth-order valence-electron chi connectivity index (χ4n) is 0.951. The summed E-state index contributed by atoms with van der Waals surface area (Å²) in [5.41, 5.74) is 0. The van der Waals surface area contributed by atoms with Gasteiger partial charge in [-0.2, -0.15) is 0 Å². The van der Waals surface area contributed by atoms with Gasteiger partial charge in [0.1, 0.15) is 6.29 Å². The molecule has 1 N–H and O–H groups in total. The van der Waals surface area contributed by atoms with Crippen molar-refractivity contribution in [2.75, 3.05) is 6.54 Å². The van der Waals surface area contributed by atoms with Crippen LogP contribution in [-0.4, -0.2) is 18.7 Å². The molecule has 3 heteroatoms. The van der Waals surface area contributed by atoms with Crippen LogP contribution in [-0.2, 0) is 9.59 Å². The Hall–Kier alpha value is -1.12. The van der Waals surface area contributed by atoms with E-state index in [1.807, 2.05) is 6.92 Å². The van der Waals surface area contributed by atoms with E-state index >= 15 is 0 Å². The van der Waals surface area contributed by atoms with Crippen molar-refractivity contribution >= 4 is 12.2 Å². The highest BCUT2D eigenvalue weighted by Crippen LogP contribution is 1.95. The molecule has 0 unspecified atom stereocenters. The zero-order chi connectivity index (χ0) is 9.94. The molecule has 0 saturated heterocycles. The van der Waals surface area contributed by atoms with Gasteiger partial charge in [-0.25, -0.2) is 0 Å². The van der Waals surface area contributed by atoms with Gasteiger partial charge in [0.2, 0.25) is 5.91 Å². The molecule has 0 aromatic heterocycles. The second-order valence-corrected chi connectivity index (χ2v) is 2.81. The van der Waals surface area contributed by atoms with Crippen LogP contribution in [0.4, 0.5) is 0 Å². The van der Waals surface area contributed by atoms with Crippen LogP contribution in [0.2, 0.25) is 0 Å². The van der Waals surface area contributed by atoms with Crippen molar-refractivity contribution in [3.63, 3.8) is 0 Å². The van der Waals surface area contributed by atoms with Crippen LogP contribution in [0.15, 0.2) is 12.2 Å². The molecule has 0 atom stereocenters. The molecule has 0 aromatic carbocycles. The molecule has 0 fully saturated rings. The summed E-state index contributed by atoms with van der Waals surface area (Å²) in [4.78, 5) is 20.8. The zero-order valence-corrected chi connectivity index (χ0v) is 8.08. The molecule has 0 radical (unpaired) electrons. The molecule has 0 aliphatic rings. The predicted molar refractivity (Wildman–Crippen MR) is 52.4 cm³/mol. The van der Waals surface area contributed by atoms with Gasteiger partial charge in [-0.05, 0) is 25.8 Å². The number of unbranched alkanes of at least 4 members (excludes halogenated alkanes) is 3. The number of hydrogen-bond donors (Lipinski definition) is 1. The smallest absolute Gasteiger partial charge is 0.243 e. The summed E-state index contributed by atoms with van der Waals surface area (Å²) in [5.74, 6) is -0.0436. The van der Waals surface area contributed by atoms with Gasteiger partial charge >= 0.3 is 0 Å². The van der Waals surface area contributed by atoms with Crippen molar-refractivity contribution in [2.45, 2.75) is 32.6 Å². The first-order valence-electron chi connectivity index (χ1n) is 4.65. The number of amides is 1. The van der Waals surface area contributed by atoms with Crippen LogP contribution in [0.5, 0.6) is 0 Å². The Morgan fingerprint density at radius 1 is 1.31 bits per heavy atom. The van der Waals surface area contributed by atoms with E-state index in [0.29, 0.717) is 13.0 Å². The Morgan fingerprint density at radius 2 is 2.08 bits per heavy atom. The van der Waals surface area contributed by atoms with Crippen LogP contribution < -0.4 is 5.32 Å². The molecular formula is C10H17NO2. The minimum Gasteiger partial charge on any atom is -0.353 e. The highest BCUT2D eigenvalue weighted by Gasteiger charge is 1.92. The Morgan fingerprint density at radius 3 is 2.69 bits per heavy atom. The van der Waals surface area contributed by atoms with E-state index in [9.17, 15) is 9.59 Å². The Kier molecular flexibility index (Phi) is 8.20. The van der Waals surface area contributed by atoms with Gasteiger partial charge in [0.25, 0.3) is 0 Å². The Labute approximate surface area is 79.2 Å². The average Bonchev–Trinajstić information content (AvgIpc) is 2.11. The molecule has 0 rings (SSSR count). The number of allylic oxidation sites excluding steroid dienone is 1. The van der Waals surface area contributed by atoms with E-state index in [0.717, 1.165) is 25.5 Å². The van der Waals surface area contributed by atoms with Crippen LogP contribution in [0.1, 0.15) is 32.6 Å². The molecular weight excluding hydrogens is 166 g/mol. The topological polar surface area (TPSA) is 46.2 Å². The quantitative estimate of drug-likeness (QED) is 0.369. The number of carbonyl (C=O) groups excluding carboxylic acids is 2. The number of rotatable bonds is 7. The van der Waals surface area contributed by atoms with Crippen molar-refractivity contribution in [2.24, 2.45) is 0 Å². The number of nitrogens with one attached hydrogen (secondary N) is 1. The third-order valence-electron chi connectivity index (χ3n) is 1.62. The summed E-state index contributed by atoms with van der Waals surface area (Å²) < 4.78 is 0. The van der Waals surface area contributed by atoms with E-state index in [-0.39, 0.29) is 5.91 Å². The molecule has 13 heavy (non-hydrogen) atoms. The van der Waals surface area contributed by atoms with Gasteiger partial charge in [0.15, 0.2) is 0 Å². The lowest BCUT2D eigenvalue weighted by atomic mass is 10.2. The maximum Gasteiger partial charge on any atom is 0.243 e. The van der Waals surface area contributed by atoms with Crippen LogP contribution in [0, 0.1) is 0 Å². The maximum absolute atomic E-state index is 10.9. The first-order valence-corrected chi connectivity index (χ1v) is 4.65. The zero-order valence-electron chi connectivity index (χ0n) is 8.08. The van der Waals surface area contributed by atoms with Crippen molar-refractivity contribution in [3.05, 3.63) is 12.2 Å². The van der Waals surface area contributed by atoms with Gasteiger partial charge in [0, 0.05) is 13.0 Å². The third kappa shape index (κ3) is 8.79. The van der Waals surface area contributed by atoms with Crippen molar-refractivity contribution < 1.29 is 9.59 Å². The normalized spacial score (nSPS) is 10.2. The summed E-state index contributed by atoms with van der Waals surface area (Å²) in [5, 5.41) is 2.75. The van der Waals surface area contributed by atoms with Gasteiger partial charge in [-0.15, -0.1) is 0 Å². The predicted octanol–water partition coefficient (Wildman–Crippen LogP) is 1.44. The number of hydrogen-bond acceptors (Lipinski definition) is 2. The average molecular weight is 183 g/mol. The summed E-state index contributed by atoms with van der Waals surface area (Å²) in [6, 6.07) is 0. The molecule has 0 aliphatic carbocycles. The van der Waals surface area contributed by atoms with Gasteiger partial charge < -0.3 is 10.1 Å². The molecule has 1 amide bonds. The van der Waals surface area contributed by atoms with Crippen LogP contribution >= 0.6 is 0 Å². The Bertz CT molecular complexity index is 176. The van der Waals surface area contributed by atoms with E-state index in [1.165, 1.54) is 6.08 Å². The summed E-state index contributed by atoms with van der Waals surface area (Å²) in [6.45, 7) is 2.51. The van der Waals surface area contributed by atoms with Crippen molar-refractivity contribution in [1.82, 2.24) is 5.32 Å². The van der Waals surface area contributed by atoms with E-state index in [2.05, 4.69) is 5.32 Å². The third-order valence-corrected chi connectivity index (χ3v) is 1.62. The molecule has 0 spiro atoms. The SMILES string of the molecule is C/C=C/C(=O)NCCCCCC=O. The van der Waals surface area contributed by atoms with Crippen molar-refractivity contribution in [3.8, 4) is 0 Å². The minimum atomic E-state index is -0.0436. The number of aldehydes is 1. The molecule has 74 valence electrons. The monoisotopic (exact) mass is 183 g/mol. The fraction of sp³-hybridized carbons (Fsp3) is 0.600. The Balaban J connectivity index is 3.15. The number of carbonyl (C=O) groups is 2. The first kappa shape index (κ1) is 11.9. The van der Waals surface area contributed by atoms with Gasteiger partial charge in [-0.1, -0.05) is 12.5 Å². The fourth-order valence-corrected chi connectivity index (χ4v) is 0.951. The van der Waals surface area contributed by atoms with Crippen molar-refractivity contribution in [1.29, 1.82) is 0 Å². The molecule has 3 nitrogen and oxygen atoms in total. The minimum absolute atomic E-state index is 0.0436. The summed E-state index contributed by atoms with van der Waals surface area (Å²) in [7, 11) is 0. The molecule has 0 aliphatic heterocycles.